The summed E-state index contributed by atoms with van der Waals surface area (Å²) in [7, 11) is 0. The molecule has 1 aromatic heterocycles. The van der Waals surface area contributed by atoms with Gasteiger partial charge in [-0.25, -0.2) is 9.67 Å². The molecule has 0 spiro atoms. The van der Waals surface area contributed by atoms with Gasteiger partial charge >= 0.3 is 0 Å². The Balaban J connectivity index is 1.92. The second-order valence-electron chi connectivity index (χ2n) is 4.66. The molecule has 0 saturated heterocycles. The highest BCUT2D eigenvalue weighted by Crippen LogP contribution is 2.13. The van der Waals surface area contributed by atoms with Gasteiger partial charge in [0.05, 0.1) is 5.69 Å². The molecule has 2 aromatic rings. The molecule has 4 heteroatoms. The van der Waals surface area contributed by atoms with Gasteiger partial charge in [-0.1, -0.05) is 20.3 Å². The van der Waals surface area contributed by atoms with E-state index in [0.717, 1.165) is 17.9 Å². The van der Waals surface area contributed by atoms with E-state index in [2.05, 4.69) is 41.4 Å². The van der Waals surface area contributed by atoms with E-state index in [4.69, 9.17) is 0 Å². The van der Waals surface area contributed by atoms with Crippen LogP contribution < -0.4 is 5.32 Å². The molecule has 1 N–H and O–H groups in total. The average Bonchev–Trinajstić information content (AvgIpc) is 2.91. The van der Waals surface area contributed by atoms with Crippen LogP contribution in [0.4, 0.5) is 5.69 Å². The lowest BCUT2D eigenvalue weighted by Crippen LogP contribution is -2.10. The molecule has 4 nitrogen and oxygen atoms in total. The molecular weight excluding hydrogens is 224 g/mol. The molecule has 2 rings (SSSR count). The van der Waals surface area contributed by atoms with Crippen LogP contribution >= 0.6 is 0 Å². The Hall–Kier alpha value is -1.84. The number of benzene rings is 1. The number of nitrogens with zero attached hydrogens (tertiary/aromatic N) is 3. The molecule has 1 unspecified atom stereocenters. The van der Waals surface area contributed by atoms with Crippen molar-refractivity contribution >= 4 is 5.69 Å². The van der Waals surface area contributed by atoms with Crippen LogP contribution in [0.2, 0.25) is 0 Å². The molecule has 0 aliphatic heterocycles. The largest absolute Gasteiger partial charge is 0.385 e. The summed E-state index contributed by atoms with van der Waals surface area (Å²) in [5.74, 6) is 0.713. The Kier molecular flexibility index (Phi) is 4.34. The molecule has 0 amide bonds. The molecule has 1 aromatic carbocycles. The molecule has 0 bridgehead atoms. The fourth-order valence-corrected chi connectivity index (χ4v) is 1.96. The molecular formula is C14H20N4. The van der Waals surface area contributed by atoms with Gasteiger partial charge in [-0.05, 0) is 36.6 Å². The second-order valence-corrected chi connectivity index (χ2v) is 4.66. The van der Waals surface area contributed by atoms with Gasteiger partial charge in [0.15, 0.2) is 0 Å². The Bertz CT molecular complexity index is 447. The molecule has 0 aliphatic carbocycles. The minimum Gasteiger partial charge on any atom is -0.385 e. The highest BCUT2D eigenvalue weighted by atomic mass is 15.3. The number of aromatic nitrogens is 3. The van der Waals surface area contributed by atoms with E-state index in [1.807, 2.05) is 12.1 Å². The molecule has 0 radical (unpaired) electrons. The lowest BCUT2D eigenvalue weighted by atomic mass is 10.1. The standard InChI is InChI=1S/C14H20N4/c1-3-4-12(2)9-16-13-5-7-14(8-6-13)18-11-15-10-17-18/h5-8,10-12,16H,3-4,9H2,1-2H3. The van der Waals surface area contributed by atoms with Crippen molar-refractivity contribution < 1.29 is 0 Å². The first-order chi connectivity index (χ1) is 8.79. The number of nitrogens with one attached hydrogen (secondary N) is 1. The van der Waals surface area contributed by atoms with Crippen molar-refractivity contribution in [2.45, 2.75) is 26.7 Å². The fourth-order valence-electron chi connectivity index (χ4n) is 1.96. The first kappa shape index (κ1) is 12.6. The van der Waals surface area contributed by atoms with Gasteiger partial charge in [-0.3, -0.25) is 0 Å². The summed E-state index contributed by atoms with van der Waals surface area (Å²) < 4.78 is 1.75. The van der Waals surface area contributed by atoms with Crippen molar-refractivity contribution in [2.24, 2.45) is 5.92 Å². The van der Waals surface area contributed by atoms with Gasteiger partial charge in [0.25, 0.3) is 0 Å². The molecule has 96 valence electrons. The third kappa shape index (κ3) is 3.32. The van der Waals surface area contributed by atoms with Crippen LogP contribution in [0.5, 0.6) is 0 Å². The number of hydrogen-bond donors (Lipinski definition) is 1. The highest BCUT2D eigenvalue weighted by Gasteiger charge is 2.01. The van der Waals surface area contributed by atoms with Gasteiger partial charge in [-0.15, -0.1) is 0 Å². The van der Waals surface area contributed by atoms with E-state index >= 15 is 0 Å². The van der Waals surface area contributed by atoms with Crippen LogP contribution in [-0.4, -0.2) is 21.3 Å². The molecule has 0 saturated carbocycles. The van der Waals surface area contributed by atoms with E-state index in [1.165, 1.54) is 12.8 Å². The van der Waals surface area contributed by atoms with Gasteiger partial charge in [0, 0.05) is 12.2 Å². The van der Waals surface area contributed by atoms with Crippen molar-refractivity contribution in [3.05, 3.63) is 36.9 Å². The van der Waals surface area contributed by atoms with Crippen molar-refractivity contribution in [1.29, 1.82) is 0 Å². The van der Waals surface area contributed by atoms with Crippen LogP contribution in [-0.2, 0) is 0 Å². The van der Waals surface area contributed by atoms with E-state index in [1.54, 1.807) is 17.3 Å². The first-order valence-electron chi connectivity index (χ1n) is 6.48. The monoisotopic (exact) mass is 244 g/mol. The number of rotatable bonds is 6. The van der Waals surface area contributed by atoms with Crippen LogP contribution in [0.3, 0.4) is 0 Å². The van der Waals surface area contributed by atoms with Crippen molar-refractivity contribution in [3.8, 4) is 5.69 Å². The molecule has 1 atom stereocenters. The van der Waals surface area contributed by atoms with Gasteiger partial charge in [0.1, 0.15) is 12.7 Å². The maximum Gasteiger partial charge on any atom is 0.138 e. The molecule has 0 fully saturated rings. The van der Waals surface area contributed by atoms with Crippen LogP contribution in [0.25, 0.3) is 5.69 Å². The number of hydrogen-bond acceptors (Lipinski definition) is 3. The van der Waals surface area contributed by atoms with E-state index in [0.29, 0.717) is 5.92 Å². The smallest absolute Gasteiger partial charge is 0.138 e. The summed E-state index contributed by atoms with van der Waals surface area (Å²) in [6.45, 7) is 5.53. The summed E-state index contributed by atoms with van der Waals surface area (Å²) in [6, 6.07) is 8.24. The van der Waals surface area contributed by atoms with E-state index in [9.17, 15) is 0 Å². The maximum atomic E-state index is 4.10. The molecule has 1 heterocycles. The maximum absolute atomic E-state index is 4.10. The van der Waals surface area contributed by atoms with Crippen LogP contribution in [0, 0.1) is 5.92 Å². The van der Waals surface area contributed by atoms with Crippen LogP contribution in [0.15, 0.2) is 36.9 Å². The Morgan fingerprint density at radius 1 is 1.28 bits per heavy atom. The third-order valence-electron chi connectivity index (χ3n) is 2.99. The molecule has 18 heavy (non-hydrogen) atoms. The SMILES string of the molecule is CCCC(C)CNc1ccc(-n2cncn2)cc1. The van der Waals surface area contributed by atoms with Gasteiger partial charge in [0.2, 0.25) is 0 Å². The van der Waals surface area contributed by atoms with Gasteiger partial charge < -0.3 is 5.32 Å². The van der Waals surface area contributed by atoms with Crippen molar-refractivity contribution in [3.63, 3.8) is 0 Å². The van der Waals surface area contributed by atoms with E-state index in [-0.39, 0.29) is 0 Å². The average molecular weight is 244 g/mol. The summed E-state index contributed by atoms with van der Waals surface area (Å²) in [6.07, 6.45) is 5.75. The topological polar surface area (TPSA) is 42.7 Å². The van der Waals surface area contributed by atoms with Gasteiger partial charge in [-0.2, -0.15) is 5.10 Å². The fraction of sp³-hybridized carbons (Fsp3) is 0.429. The second kappa shape index (κ2) is 6.19. The summed E-state index contributed by atoms with van der Waals surface area (Å²) in [4.78, 5) is 3.94. The lowest BCUT2D eigenvalue weighted by Gasteiger charge is -2.12. The molecule has 0 aliphatic rings. The lowest BCUT2D eigenvalue weighted by molar-refractivity contribution is 0.551. The Morgan fingerprint density at radius 3 is 2.67 bits per heavy atom. The van der Waals surface area contributed by atoms with Crippen molar-refractivity contribution in [2.75, 3.05) is 11.9 Å². The van der Waals surface area contributed by atoms with Crippen molar-refractivity contribution in [1.82, 2.24) is 14.8 Å². The first-order valence-corrected chi connectivity index (χ1v) is 6.48. The Morgan fingerprint density at radius 2 is 2.06 bits per heavy atom. The highest BCUT2D eigenvalue weighted by molar-refractivity contribution is 5.48. The quantitative estimate of drug-likeness (QED) is 0.849. The zero-order valence-electron chi connectivity index (χ0n) is 11.0. The van der Waals surface area contributed by atoms with E-state index < -0.39 is 0 Å². The summed E-state index contributed by atoms with van der Waals surface area (Å²) in [5, 5.41) is 7.56. The Labute approximate surface area is 108 Å². The predicted octanol–water partition coefficient (Wildman–Crippen LogP) is 3.12. The minimum absolute atomic E-state index is 0.713. The zero-order valence-corrected chi connectivity index (χ0v) is 11.0. The summed E-state index contributed by atoms with van der Waals surface area (Å²) in [5.41, 5.74) is 2.18. The normalized spacial score (nSPS) is 12.3. The predicted molar refractivity (Wildman–Crippen MR) is 73.9 cm³/mol. The number of anilines is 1. The minimum atomic E-state index is 0.713. The summed E-state index contributed by atoms with van der Waals surface area (Å²) >= 11 is 0. The zero-order chi connectivity index (χ0) is 12.8. The third-order valence-corrected chi connectivity index (χ3v) is 2.99. The van der Waals surface area contributed by atoms with Crippen LogP contribution in [0.1, 0.15) is 26.7 Å².